The van der Waals surface area contributed by atoms with E-state index in [2.05, 4.69) is 10.3 Å². The zero-order valence-corrected chi connectivity index (χ0v) is 16.8. The molecule has 0 atom stereocenters. The third-order valence-electron chi connectivity index (χ3n) is 5.02. The molecule has 0 radical (unpaired) electrons. The number of aromatic carboxylic acids is 1. The first-order valence-electron chi connectivity index (χ1n) is 9.33. The lowest BCUT2D eigenvalue weighted by atomic mass is 10.1. The maximum absolute atomic E-state index is 11.5. The van der Waals surface area contributed by atoms with Crippen LogP contribution in [0.5, 0.6) is 0 Å². The molecule has 9 heteroatoms. The molecular weight excluding hydrogens is 398 g/mol. The molecule has 4 rings (SSSR count). The predicted octanol–water partition coefficient (Wildman–Crippen LogP) is 4.39. The molecule has 0 amide bonds. The number of aromatic nitrogens is 1. The van der Waals surface area contributed by atoms with Crippen molar-refractivity contribution >= 4 is 56.2 Å². The van der Waals surface area contributed by atoms with E-state index in [9.17, 15) is 20.0 Å². The fraction of sp³-hybridized carbons (Fsp3) is 0.0909. The summed E-state index contributed by atoms with van der Waals surface area (Å²) in [4.78, 5) is 28.8. The van der Waals surface area contributed by atoms with Gasteiger partial charge in [0.25, 0.3) is 5.69 Å². The lowest BCUT2D eigenvalue weighted by molar-refractivity contribution is -0.384. The molecule has 9 nitrogen and oxygen atoms in total. The Morgan fingerprint density at radius 3 is 2.39 bits per heavy atom. The molecule has 4 aromatic rings. The number of carbonyl (C=O) groups is 1. The van der Waals surface area contributed by atoms with Crippen molar-refractivity contribution in [3.05, 3.63) is 70.3 Å². The van der Waals surface area contributed by atoms with Crippen LogP contribution in [0.3, 0.4) is 0 Å². The van der Waals surface area contributed by atoms with Crippen LogP contribution in [0.1, 0.15) is 10.4 Å². The van der Waals surface area contributed by atoms with Gasteiger partial charge in [-0.05, 0) is 42.5 Å². The number of nitro benzene ring substituents is 1. The standard InChI is InChI=1S/C22H19N5O4/c1-26(2)13-4-6-15-19(10-13)25-20-11-14(27(30)31)5-7-16(20)21(15)24-12-3-8-18(23)17(9-12)22(28)29/h3-11H,23H2,1-2H3,(H,24,25)(H,28,29). The lowest BCUT2D eigenvalue weighted by Gasteiger charge is -2.17. The maximum Gasteiger partial charge on any atom is 0.337 e. The normalized spacial score (nSPS) is 10.9. The number of nitrogens with zero attached hydrogens (tertiary/aromatic N) is 3. The summed E-state index contributed by atoms with van der Waals surface area (Å²) in [6.07, 6.45) is 0. The second-order valence-electron chi connectivity index (χ2n) is 7.27. The van der Waals surface area contributed by atoms with Crippen LogP contribution in [0.4, 0.5) is 28.4 Å². The molecule has 0 spiro atoms. The highest BCUT2D eigenvalue weighted by Crippen LogP contribution is 2.36. The molecule has 4 N–H and O–H groups in total. The van der Waals surface area contributed by atoms with Gasteiger partial charge in [0.2, 0.25) is 0 Å². The average molecular weight is 417 g/mol. The number of non-ortho nitro benzene ring substituents is 1. The molecule has 0 saturated carbocycles. The maximum atomic E-state index is 11.5. The summed E-state index contributed by atoms with van der Waals surface area (Å²) in [5.74, 6) is -1.13. The van der Waals surface area contributed by atoms with E-state index in [1.165, 1.54) is 24.3 Å². The topological polar surface area (TPSA) is 135 Å². The first kappa shape index (κ1) is 19.9. The number of hydrogen-bond acceptors (Lipinski definition) is 7. The molecule has 0 fully saturated rings. The van der Waals surface area contributed by atoms with Crippen molar-refractivity contribution in [1.82, 2.24) is 4.98 Å². The van der Waals surface area contributed by atoms with E-state index in [1.54, 1.807) is 12.1 Å². The van der Waals surface area contributed by atoms with Gasteiger partial charge in [0.05, 0.1) is 27.2 Å². The van der Waals surface area contributed by atoms with Gasteiger partial charge in [-0.25, -0.2) is 9.78 Å². The van der Waals surface area contributed by atoms with Crippen LogP contribution in [-0.2, 0) is 0 Å². The van der Waals surface area contributed by atoms with Gasteiger partial charge < -0.3 is 21.1 Å². The van der Waals surface area contributed by atoms with Crippen molar-refractivity contribution < 1.29 is 14.8 Å². The van der Waals surface area contributed by atoms with E-state index < -0.39 is 10.9 Å². The highest BCUT2D eigenvalue weighted by Gasteiger charge is 2.16. The first-order valence-corrected chi connectivity index (χ1v) is 9.33. The van der Waals surface area contributed by atoms with E-state index in [0.29, 0.717) is 27.8 Å². The SMILES string of the molecule is CN(C)c1ccc2c(Nc3ccc(N)c(C(=O)O)c3)c3ccc([N+](=O)[O-])cc3nc2c1. The number of nitro groups is 1. The Hall–Kier alpha value is -4.40. The van der Waals surface area contributed by atoms with Crippen molar-refractivity contribution in [2.45, 2.75) is 0 Å². The fourth-order valence-electron chi connectivity index (χ4n) is 3.41. The molecule has 0 unspecified atom stereocenters. The zero-order chi connectivity index (χ0) is 22.3. The number of nitrogens with one attached hydrogen (secondary N) is 1. The fourth-order valence-corrected chi connectivity index (χ4v) is 3.41. The number of anilines is 4. The van der Waals surface area contributed by atoms with Gasteiger partial charge in [-0.2, -0.15) is 0 Å². The second-order valence-corrected chi connectivity index (χ2v) is 7.27. The lowest BCUT2D eigenvalue weighted by Crippen LogP contribution is -2.08. The quantitative estimate of drug-likeness (QED) is 0.188. The van der Waals surface area contributed by atoms with E-state index in [4.69, 9.17) is 5.73 Å². The summed E-state index contributed by atoms with van der Waals surface area (Å²) in [6, 6.07) is 14.9. The number of nitrogens with two attached hydrogens (primary N) is 1. The predicted molar refractivity (Wildman–Crippen MR) is 121 cm³/mol. The van der Waals surface area contributed by atoms with Gasteiger partial charge in [0, 0.05) is 54.1 Å². The van der Waals surface area contributed by atoms with E-state index in [1.807, 2.05) is 37.2 Å². The highest BCUT2D eigenvalue weighted by molar-refractivity contribution is 6.10. The molecule has 31 heavy (non-hydrogen) atoms. The Bertz CT molecular complexity index is 1370. The van der Waals surface area contributed by atoms with Crippen LogP contribution in [0.25, 0.3) is 21.8 Å². The van der Waals surface area contributed by atoms with Gasteiger partial charge >= 0.3 is 5.97 Å². The Kier molecular flexibility index (Phi) is 4.78. The molecular formula is C22H19N5O4. The number of rotatable bonds is 5. The van der Waals surface area contributed by atoms with Gasteiger partial charge in [-0.15, -0.1) is 0 Å². The molecule has 156 valence electrons. The summed E-state index contributed by atoms with van der Waals surface area (Å²) in [7, 11) is 3.82. The van der Waals surface area contributed by atoms with Gasteiger partial charge in [0.1, 0.15) is 0 Å². The van der Waals surface area contributed by atoms with Crippen LogP contribution in [0.2, 0.25) is 0 Å². The number of fused-ring (bicyclic) bond motifs is 2. The van der Waals surface area contributed by atoms with E-state index in [0.717, 1.165) is 11.1 Å². The molecule has 1 heterocycles. The third kappa shape index (κ3) is 3.64. The Balaban J connectivity index is 1.97. The van der Waals surface area contributed by atoms with Crippen molar-refractivity contribution in [3.8, 4) is 0 Å². The number of pyridine rings is 1. The minimum Gasteiger partial charge on any atom is -0.478 e. The molecule has 0 aliphatic heterocycles. The monoisotopic (exact) mass is 417 g/mol. The van der Waals surface area contributed by atoms with Gasteiger partial charge in [-0.3, -0.25) is 10.1 Å². The summed E-state index contributed by atoms with van der Waals surface area (Å²) < 4.78 is 0. The van der Waals surface area contributed by atoms with Crippen molar-refractivity contribution in [2.24, 2.45) is 0 Å². The smallest absolute Gasteiger partial charge is 0.337 e. The number of hydrogen-bond donors (Lipinski definition) is 3. The number of carboxylic acid groups (broad SMARTS) is 1. The Morgan fingerprint density at radius 1 is 1.06 bits per heavy atom. The van der Waals surface area contributed by atoms with Crippen molar-refractivity contribution in [1.29, 1.82) is 0 Å². The van der Waals surface area contributed by atoms with E-state index in [-0.39, 0.29) is 16.9 Å². The average Bonchev–Trinajstić information content (AvgIpc) is 2.73. The number of nitrogen functional groups attached to an aromatic ring is 1. The summed E-state index contributed by atoms with van der Waals surface area (Å²) in [5.41, 5.74) is 9.07. The summed E-state index contributed by atoms with van der Waals surface area (Å²) in [5, 5.41) is 25.4. The van der Waals surface area contributed by atoms with E-state index >= 15 is 0 Å². The molecule has 0 aliphatic rings. The number of benzene rings is 3. The third-order valence-corrected chi connectivity index (χ3v) is 5.02. The largest absolute Gasteiger partial charge is 0.478 e. The van der Waals surface area contributed by atoms with Crippen LogP contribution in [-0.4, -0.2) is 35.1 Å². The second kappa shape index (κ2) is 7.45. The highest BCUT2D eigenvalue weighted by atomic mass is 16.6. The molecule has 0 saturated heterocycles. The molecule has 0 bridgehead atoms. The molecule has 0 aliphatic carbocycles. The Labute approximate surface area is 176 Å². The van der Waals surface area contributed by atoms with Crippen LogP contribution >= 0.6 is 0 Å². The van der Waals surface area contributed by atoms with Crippen LogP contribution in [0.15, 0.2) is 54.6 Å². The minimum absolute atomic E-state index is 0.0156. The van der Waals surface area contributed by atoms with Crippen LogP contribution < -0.4 is 16.0 Å². The number of carboxylic acids is 1. The molecule has 1 aromatic heterocycles. The summed E-state index contributed by atoms with van der Waals surface area (Å²) in [6.45, 7) is 0. The van der Waals surface area contributed by atoms with Gasteiger partial charge in [0.15, 0.2) is 0 Å². The van der Waals surface area contributed by atoms with Crippen molar-refractivity contribution in [2.75, 3.05) is 30.0 Å². The molecule has 3 aromatic carbocycles. The summed E-state index contributed by atoms with van der Waals surface area (Å²) >= 11 is 0. The zero-order valence-electron chi connectivity index (χ0n) is 16.8. The first-order chi connectivity index (χ1) is 14.7. The van der Waals surface area contributed by atoms with Gasteiger partial charge in [-0.1, -0.05) is 0 Å². The van der Waals surface area contributed by atoms with Crippen LogP contribution in [0, 0.1) is 10.1 Å². The van der Waals surface area contributed by atoms with Crippen molar-refractivity contribution in [3.63, 3.8) is 0 Å². The Morgan fingerprint density at radius 2 is 1.74 bits per heavy atom. The minimum atomic E-state index is -1.13.